The van der Waals surface area contributed by atoms with Gasteiger partial charge in [0, 0.05) is 11.5 Å². The summed E-state index contributed by atoms with van der Waals surface area (Å²) in [6.45, 7) is 6.84. The summed E-state index contributed by atoms with van der Waals surface area (Å²) in [6.07, 6.45) is 2.12. The molecule has 3 rings (SSSR count). The summed E-state index contributed by atoms with van der Waals surface area (Å²) in [5.74, 6) is -0.0461. The van der Waals surface area contributed by atoms with E-state index in [1.165, 1.54) is 24.3 Å². The first-order chi connectivity index (χ1) is 16.1. The lowest BCUT2D eigenvalue weighted by atomic mass is 10.1. The number of aliphatic hydroxyl groups excluding tert-OH is 1. The van der Waals surface area contributed by atoms with Gasteiger partial charge >= 0.3 is 5.97 Å². The summed E-state index contributed by atoms with van der Waals surface area (Å²) in [4.78, 5) is 25.2. The van der Waals surface area contributed by atoms with Gasteiger partial charge in [0.2, 0.25) is 0 Å². The molecular weight excluding hydrogens is 439 g/mol. The number of carbonyl (C=O) groups is 1. The molecule has 0 amide bonds. The molecule has 9 heteroatoms. The first-order valence-electron chi connectivity index (χ1n) is 10.6. The minimum absolute atomic E-state index is 0.0513. The lowest BCUT2D eigenvalue weighted by Gasteiger charge is -2.19. The molecular formula is C25H27FN4O4. The smallest absolute Gasteiger partial charge is 0.344 e. The zero-order valence-electron chi connectivity index (χ0n) is 19.4. The van der Waals surface area contributed by atoms with Gasteiger partial charge in [0.15, 0.2) is 18.2 Å². The van der Waals surface area contributed by atoms with Crippen molar-refractivity contribution in [2.24, 2.45) is 10.7 Å². The molecule has 178 valence electrons. The number of ether oxygens (including phenoxy) is 2. The largest absolute Gasteiger partial charge is 0.482 e. The van der Waals surface area contributed by atoms with Crippen molar-refractivity contribution >= 4 is 28.5 Å². The Balaban J connectivity index is 2.00. The van der Waals surface area contributed by atoms with Crippen LogP contribution in [0.2, 0.25) is 0 Å². The fourth-order valence-corrected chi connectivity index (χ4v) is 3.05. The second kappa shape index (κ2) is 10.4. The van der Waals surface area contributed by atoms with E-state index in [4.69, 9.17) is 15.2 Å². The number of aliphatic hydroxyl groups is 1. The zero-order valence-corrected chi connectivity index (χ0v) is 19.4. The number of rotatable bonds is 7. The van der Waals surface area contributed by atoms with Gasteiger partial charge in [-0.05, 0) is 63.6 Å². The third-order valence-corrected chi connectivity index (χ3v) is 4.45. The molecule has 1 atom stereocenters. The van der Waals surface area contributed by atoms with E-state index in [2.05, 4.69) is 15.0 Å². The molecule has 0 radical (unpaired) electrons. The average molecular weight is 467 g/mol. The first-order valence-corrected chi connectivity index (χ1v) is 10.6. The molecule has 1 aromatic heterocycles. The van der Waals surface area contributed by atoms with Gasteiger partial charge in [-0.2, -0.15) is 0 Å². The Labute approximate surface area is 197 Å². The predicted molar refractivity (Wildman–Crippen MR) is 127 cm³/mol. The molecule has 0 fully saturated rings. The van der Waals surface area contributed by atoms with Crippen LogP contribution in [0.3, 0.4) is 0 Å². The number of benzene rings is 2. The predicted octanol–water partition coefficient (Wildman–Crippen LogP) is 4.14. The fourth-order valence-electron chi connectivity index (χ4n) is 3.05. The Morgan fingerprint density at radius 2 is 1.91 bits per heavy atom. The lowest BCUT2D eigenvalue weighted by Crippen LogP contribution is -2.27. The Bertz CT molecular complexity index is 1230. The van der Waals surface area contributed by atoms with Crippen molar-refractivity contribution in [1.29, 1.82) is 0 Å². The number of nitrogens with zero attached hydrogens (tertiary/aromatic N) is 3. The van der Waals surface area contributed by atoms with Crippen LogP contribution in [0.5, 0.6) is 5.75 Å². The number of carbonyl (C=O) groups excluding carboxylic acids is 1. The zero-order chi connectivity index (χ0) is 24.9. The molecule has 1 heterocycles. The Morgan fingerprint density at radius 1 is 1.21 bits per heavy atom. The van der Waals surface area contributed by atoms with E-state index in [1.807, 2.05) is 0 Å². The van der Waals surface area contributed by atoms with Gasteiger partial charge in [-0.1, -0.05) is 18.2 Å². The van der Waals surface area contributed by atoms with Crippen molar-refractivity contribution < 1.29 is 23.8 Å². The topological polar surface area (TPSA) is 120 Å². The van der Waals surface area contributed by atoms with Crippen LogP contribution in [0.4, 0.5) is 10.2 Å². The SMILES string of the molecule is C/C=C/C(N)=Nc1nc(C(O)c2ccc(F)cc2)nc2cc(OCC(=O)OC(C)(C)C)ccc12. The number of amidine groups is 1. The van der Waals surface area contributed by atoms with E-state index >= 15 is 0 Å². The molecule has 0 aliphatic heterocycles. The number of aromatic nitrogens is 2. The molecule has 1 unspecified atom stereocenters. The van der Waals surface area contributed by atoms with E-state index in [-0.39, 0.29) is 24.1 Å². The minimum Gasteiger partial charge on any atom is -0.482 e. The normalized spacial score (nSPS) is 13.3. The molecule has 2 aromatic carbocycles. The summed E-state index contributed by atoms with van der Waals surface area (Å²) in [5, 5.41) is 11.4. The lowest BCUT2D eigenvalue weighted by molar-refractivity contribution is -0.157. The highest BCUT2D eigenvalue weighted by molar-refractivity contribution is 5.97. The molecule has 0 bridgehead atoms. The Hall–Kier alpha value is -3.85. The van der Waals surface area contributed by atoms with Gasteiger partial charge in [-0.15, -0.1) is 0 Å². The second-order valence-electron chi connectivity index (χ2n) is 8.45. The highest BCUT2D eigenvalue weighted by atomic mass is 19.1. The van der Waals surface area contributed by atoms with Crippen LogP contribution in [-0.2, 0) is 9.53 Å². The number of nitrogens with two attached hydrogens (primary N) is 1. The van der Waals surface area contributed by atoms with Crippen LogP contribution < -0.4 is 10.5 Å². The van der Waals surface area contributed by atoms with E-state index in [0.717, 1.165) is 0 Å². The molecule has 0 spiro atoms. The third-order valence-electron chi connectivity index (χ3n) is 4.45. The van der Waals surface area contributed by atoms with E-state index < -0.39 is 23.5 Å². The standard InChI is InChI=1S/C25H27FN4O4/c1-5-6-20(27)29-23-18-12-11-17(33-14-21(31)34-25(2,3)4)13-19(18)28-24(30-23)22(32)15-7-9-16(26)10-8-15/h5-13,22,32H,14H2,1-4H3,(H2,27,28,29,30)/b6-5+. The van der Waals surface area contributed by atoms with E-state index in [0.29, 0.717) is 22.2 Å². The van der Waals surface area contributed by atoms with Crippen molar-refractivity contribution in [1.82, 2.24) is 9.97 Å². The van der Waals surface area contributed by atoms with E-state index in [9.17, 15) is 14.3 Å². The molecule has 0 aliphatic rings. The van der Waals surface area contributed by atoms with Crippen molar-refractivity contribution in [2.45, 2.75) is 39.4 Å². The number of aliphatic imine (C=N–C) groups is 1. The molecule has 3 N–H and O–H groups in total. The van der Waals surface area contributed by atoms with Crippen LogP contribution >= 0.6 is 0 Å². The van der Waals surface area contributed by atoms with Gasteiger partial charge in [0.25, 0.3) is 0 Å². The molecule has 0 aliphatic carbocycles. The maximum Gasteiger partial charge on any atom is 0.344 e. The maximum atomic E-state index is 13.3. The third kappa shape index (κ3) is 6.58. The van der Waals surface area contributed by atoms with Crippen LogP contribution in [-0.4, -0.2) is 39.1 Å². The highest BCUT2D eigenvalue weighted by Crippen LogP contribution is 2.30. The molecule has 0 saturated carbocycles. The quantitative estimate of drug-likeness (QED) is 0.305. The molecule has 8 nitrogen and oxygen atoms in total. The van der Waals surface area contributed by atoms with Crippen LogP contribution in [0, 0.1) is 5.82 Å². The maximum absolute atomic E-state index is 13.3. The van der Waals surface area contributed by atoms with Crippen molar-refractivity contribution in [3.05, 3.63) is 71.8 Å². The summed E-state index contributed by atoms with van der Waals surface area (Å²) in [7, 11) is 0. The van der Waals surface area contributed by atoms with Crippen molar-refractivity contribution in [3.8, 4) is 5.75 Å². The first kappa shape index (κ1) is 24.8. The number of allylic oxidation sites excluding steroid dienone is 1. The van der Waals surface area contributed by atoms with E-state index in [1.54, 1.807) is 58.0 Å². The number of fused-ring (bicyclic) bond motifs is 1. The molecule has 34 heavy (non-hydrogen) atoms. The van der Waals surface area contributed by atoms with Gasteiger partial charge in [0.05, 0.1) is 5.52 Å². The average Bonchev–Trinajstić information content (AvgIpc) is 2.76. The summed E-state index contributed by atoms with van der Waals surface area (Å²) in [6, 6.07) is 10.3. The Kier molecular flexibility index (Phi) is 7.57. The second-order valence-corrected chi connectivity index (χ2v) is 8.45. The fraction of sp³-hybridized carbons (Fsp3) is 0.280. The van der Waals surface area contributed by atoms with Crippen molar-refractivity contribution in [2.75, 3.05) is 6.61 Å². The number of hydrogen-bond acceptors (Lipinski definition) is 7. The van der Waals surface area contributed by atoms with Crippen molar-refractivity contribution in [3.63, 3.8) is 0 Å². The molecule has 3 aromatic rings. The van der Waals surface area contributed by atoms with Crippen LogP contribution in [0.1, 0.15) is 45.2 Å². The summed E-state index contributed by atoms with van der Waals surface area (Å²) >= 11 is 0. The van der Waals surface area contributed by atoms with Gasteiger partial charge in [0.1, 0.15) is 29.1 Å². The monoisotopic (exact) mass is 466 g/mol. The summed E-state index contributed by atoms with van der Waals surface area (Å²) in [5.41, 5.74) is 6.15. The number of halogens is 1. The highest BCUT2D eigenvalue weighted by Gasteiger charge is 2.19. The van der Waals surface area contributed by atoms with Gasteiger partial charge < -0.3 is 20.3 Å². The van der Waals surface area contributed by atoms with Crippen LogP contribution in [0.25, 0.3) is 10.9 Å². The number of hydrogen-bond donors (Lipinski definition) is 2. The Morgan fingerprint density at radius 3 is 2.56 bits per heavy atom. The molecule has 0 saturated heterocycles. The van der Waals surface area contributed by atoms with Crippen LogP contribution in [0.15, 0.2) is 59.6 Å². The minimum atomic E-state index is -1.23. The summed E-state index contributed by atoms with van der Waals surface area (Å²) < 4.78 is 24.1. The van der Waals surface area contributed by atoms with Gasteiger partial charge in [-0.3, -0.25) is 0 Å². The number of esters is 1. The van der Waals surface area contributed by atoms with Gasteiger partial charge in [-0.25, -0.2) is 24.1 Å².